The normalized spacial score (nSPS) is 15.5. The summed E-state index contributed by atoms with van der Waals surface area (Å²) in [6.45, 7) is 0.0240. The number of hydrogen-bond acceptors (Lipinski definition) is 5. The zero-order valence-corrected chi connectivity index (χ0v) is 18.6. The summed E-state index contributed by atoms with van der Waals surface area (Å²) in [5.41, 5.74) is 4.28. The largest absolute Gasteiger partial charge is 0.461 e. The Labute approximate surface area is 197 Å². The number of ether oxygens (including phenoxy) is 1. The molecule has 6 heteroatoms. The molecule has 3 aromatic rings. The second-order valence-corrected chi connectivity index (χ2v) is 8.33. The van der Waals surface area contributed by atoms with Gasteiger partial charge in [-0.05, 0) is 53.8 Å². The Balaban J connectivity index is 1.48. The van der Waals surface area contributed by atoms with Gasteiger partial charge in [-0.1, -0.05) is 66.2 Å². The summed E-state index contributed by atoms with van der Waals surface area (Å²) in [5.74, 6) is -0.712. The van der Waals surface area contributed by atoms with Crippen LogP contribution in [0.4, 0.5) is 0 Å². The van der Waals surface area contributed by atoms with Crippen LogP contribution in [0, 0.1) is 5.92 Å². The number of halogens is 1. The van der Waals surface area contributed by atoms with Gasteiger partial charge in [-0.2, -0.15) is 0 Å². The first-order valence-electron chi connectivity index (χ1n) is 10.7. The Hall–Kier alpha value is -3.25. The van der Waals surface area contributed by atoms with Crippen molar-refractivity contribution >= 4 is 23.4 Å². The number of allylic oxidation sites excluding steroid dienone is 1. The summed E-state index contributed by atoms with van der Waals surface area (Å²) in [6.07, 6.45) is 1.18. The van der Waals surface area contributed by atoms with Gasteiger partial charge in [-0.3, -0.25) is 10.1 Å². The van der Waals surface area contributed by atoms with Crippen molar-refractivity contribution in [2.24, 2.45) is 5.92 Å². The highest BCUT2D eigenvalue weighted by Gasteiger charge is 2.31. The molecule has 1 atom stereocenters. The summed E-state index contributed by atoms with van der Waals surface area (Å²) in [7, 11) is 0. The van der Waals surface area contributed by atoms with Gasteiger partial charge in [0.05, 0.1) is 12.2 Å². The number of carbonyl (C=O) groups excluding carboxylic acids is 2. The van der Waals surface area contributed by atoms with Crippen molar-refractivity contribution in [2.45, 2.75) is 12.8 Å². The molecule has 1 unspecified atom stereocenters. The van der Waals surface area contributed by atoms with E-state index in [0.717, 1.165) is 11.1 Å². The number of carbonyl (C=O) groups is 2. The van der Waals surface area contributed by atoms with E-state index in [0.29, 0.717) is 40.1 Å². The minimum absolute atomic E-state index is 0.0997. The fourth-order valence-electron chi connectivity index (χ4n) is 4.08. The highest BCUT2D eigenvalue weighted by Crippen LogP contribution is 2.35. The van der Waals surface area contributed by atoms with Crippen LogP contribution in [0.1, 0.15) is 33.6 Å². The molecule has 0 heterocycles. The number of esters is 1. The average molecular weight is 463 g/mol. The highest BCUT2D eigenvalue weighted by atomic mass is 35.5. The molecule has 0 bridgehead atoms. The van der Waals surface area contributed by atoms with E-state index in [-0.39, 0.29) is 24.9 Å². The van der Waals surface area contributed by atoms with E-state index in [2.05, 4.69) is 4.89 Å². The van der Waals surface area contributed by atoms with E-state index in [4.69, 9.17) is 21.6 Å². The zero-order valence-electron chi connectivity index (χ0n) is 17.9. The molecular weight excluding hydrogens is 440 g/mol. The Morgan fingerprint density at radius 2 is 1.52 bits per heavy atom. The van der Waals surface area contributed by atoms with E-state index in [9.17, 15) is 9.59 Å². The van der Waals surface area contributed by atoms with Crippen molar-refractivity contribution in [3.63, 3.8) is 0 Å². The second-order valence-electron chi connectivity index (χ2n) is 7.89. The number of hydrogen-bond donors (Lipinski definition) is 1. The first-order valence-corrected chi connectivity index (χ1v) is 11.1. The molecule has 168 valence electrons. The molecule has 4 rings (SSSR count). The molecule has 3 aromatic carbocycles. The van der Waals surface area contributed by atoms with E-state index >= 15 is 0 Å². The smallest absolute Gasteiger partial charge is 0.338 e. The third kappa shape index (κ3) is 5.40. The summed E-state index contributed by atoms with van der Waals surface area (Å²) in [6, 6.07) is 23.6. The minimum Gasteiger partial charge on any atom is -0.461 e. The van der Waals surface area contributed by atoms with Gasteiger partial charge in [-0.15, -0.1) is 0 Å². The maximum Gasteiger partial charge on any atom is 0.338 e. The Kier molecular flexibility index (Phi) is 7.35. The summed E-state index contributed by atoms with van der Waals surface area (Å²) >= 11 is 5.96. The molecule has 0 aliphatic heterocycles. The van der Waals surface area contributed by atoms with Crippen LogP contribution in [0.2, 0.25) is 5.02 Å². The maximum absolute atomic E-state index is 13.2. The van der Waals surface area contributed by atoms with Crippen LogP contribution in [0.15, 0.2) is 90.0 Å². The average Bonchev–Trinajstić information content (AvgIpc) is 3.26. The standard InChI is InChI=1S/C27H23ClO5/c28-23-13-10-19(11-14-23)18-6-8-20(9-7-18)26(29)24-15-12-22(25(24)17-33-31)16-32-27(30)21-4-2-1-3-5-21/h1-11,13-14,22,31H,12,15-17H2. The van der Waals surface area contributed by atoms with Crippen molar-refractivity contribution in [1.29, 1.82) is 0 Å². The van der Waals surface area contributed by atoms with Gasteiger partial charge in [0.2, 0.25) is 0 Å². The lowest BCUT2D eigenvalue weighted by Crippen LogP contribution is -2.17. The first kappa shape index (κ1) is 22.9. The maximum atomic E-state index is 13.2. The molecule has 33 heavy (non-hydrogen) atoms. The molecule has 0 amide bonds. The van der Waals surface area contributed by atoms with Gasteiger partial charge in [0.25, 0.3) is 0 Å². The second kappa shape index (κ2) is 10.6. The topological polar surface area (TPSA) is 72.8 Å². The van der Waals surface area contributed by atoms with E-state index in [1.165, 1.54) is 0 Å². The van der Waals surface area contributed by atoms with Gasteiger partial charge in [0.15, 0.2) is 5.78 Å². The van der Waals surface area contributed by atoms with Gasteiger partial charge in [0, 0.05) is 22.1 Å². The number of benzene rings is 3. The lowest BCUT2D eigenvalue weighted by molar-refractivity contribution is -0.235. The Morgan fingerprint density at radius 3 is 2.15 bits per heavy atom. The highest BCUT2D eigenvalue weighted by molar-refractivity contribution is 6.30. The predicted octanol–water partition coefficient (Wildman–Crippen LogP) is 6.24. The van der Waals surface area contributed by atoms with Crippen LogP contribution in [0.5, 0.6) is 0 Å². The van der Waals surface area contributed by atoms with Gasteiger partial charge < -0.3 is 4.74 Å². The van der Waals surface area contributed by atoms with Crippen molar-refractivity contribution in [2.75, 3.05) is 13.2 Å². The van der Waals surface area contributed by atoms with Gasteiger partial charge >= 0.3 is 5.97 Å². The quantitative estimate of drug-likeness (QED) is 0.185. The fourth-order valence-corrected chi connectivity index (χ4v) is 4.21. The van der Waals surface area contributed by atoms with E-state index in [1.807, 2.05) is 42.5 Å². The summed E-state index contributed by atoms with van der Waals surface area (Å²) in [4.78, 5) is 29.9. The zero-order chi connectivity index (χ0) is 23.2. The monoisotopic (exact) mass is 462 g/mol. The van der Waals surface area contributed by atoms with Crippen LogP contribution in [0.3, 0.4) is 0 Å². The van der Waals surface area contributed by atoms with E-state index in [1.54, 1.807) is 36.4 Å². The molecule has 0 radical (unpaired) electrons. The van der Waals surface area contributed by atoms with Crippen molar-refractivity contribution in [1.82, 2.24) is 0 Å². The molecule has 1 aliphatic carbocycles. The van der Waals surface area contributed by atoms with Crippen molar-refractivity contribution in [3.05, 3.63) is 106 Å². The third-order valence-corrected chi connectivity index (χ3v) is 6.12. The molecule has 5 nitrogen and oxygen atoms in total. The molecule has 0 saturated heterocycles. The Bertz CT molecular complexity index is 1150. The first-order chi connectivity index (χ1) is 16.1. The number of rotatable bonds is 8. The van der Waals surface area contributed by atoms with Crippen LogP contribution in [-0.2, 0) is 9.62 Å². The van der Waals surface area contributed by atoms with Crippen LogP contribution in [-0.4, -0.2) is 30.2 Å². The molecule has 0 fully saturated rings. The third-order valence-electron chi connectivity index (χ3n) is 5.87. The fraction of sp³-hybridized carbons (Fsp3) is 0.185. The molecular formula is C27H23ClO5. The molecule has 1 N–H and O–H groups in total. The van der Waals surface area contributed by atoms with Crippen LogP contribution < -0.4 is 0 Å². The minimum atomic E-state index is -0.419. The van der Waals surface area contributed by atoms with Gasteiger partial charge in [-0.25, -0.2) is 9.68 Å². The number of ketones is 1. The molecule has 1 aliphatic rings. The molecule has 0 aromatic heterocycles. The molecule has 0 spiro atoms. The number of Topliss-reactive ketones (excluding diaryl/α,β-unsaturated/α-hetero) is 1. The summed E-state index contributed by atoms with van der Waals surface area (Å²) in [5, 5.41) is 9.76. The summed E-state index contributed by atoms with van der Waals surface area (Å²) < 4.78 is 5.46. The van der Waals surface area contributed by atoms with Crippen LogP contribution in [0.25, 0.3) is 11.1 Å². The van der Waals surface area contributed by atoms with Crippen molar-refractivity contribution in [3.8, 4) is 11.1 Å². The lowest BCUT2D eigenvalue weighted by Gasteiger charge is -2.15. The SMILES string of the molecule is O=C(OCC1CCC(C(=O)c2ccc(-c3ccc(Cl)cc3)cc2)=C1COO)c1ccccc1. The van der Waals surface area contributed by atoms with E-state index < -0.39 is 5.97 Å². The van der Waals surface area contributed by atoms with Crippen molar-refractivity contribution < 1.29 is 24.5 Å². The van der Waals surface area contributed by atoms with Crippen LogP contribution >= 0.6 is 11.6 Å². The predicted molar refractivity (Wildman–Crippen MR) is 126 cm³/mol. The molecule has 0 saturated carbocycles. The lowest BCUT2D eigenvalue weighted by atomic mass is 9.96. The Morgan fingerprint density at radius 1 is 0.879 bits per heavy atom. The van der Waals surface area contributed by atoms with Gasteiger partial charge in [0.1, 0.15) is 6.61 Å².